The van der Waals surface area contributed by atoms with E-state index in [1.165, 1.54) is 0 Å². The third-order valence-corrected chi connectivity index (χ3v) is 0. The Morgan fingerprint density at radius 3 is 1.33 bits per heavy atom. The molecule has 1 radical (unpaired) electrons. The predicted molar refractivity (Wildman–Crippen MR) is 27.1 cm³/mol. The van der Waals surface area contributed by atoms with Crippen LogP contribution >= 0.6 is 0 Å². The molecular formula is C5H10Cu. The van der Waals surface area contributed by atoms with E-state index >= 15 is 0 Å². The van der Waals surface area contributed by atoms with Gasteiger partial charge in [-0.25, -0.2) is 0 Å². The first kappa shape index (κ1) is 16.7. The van der Waals surface area contributed by atoms with E-state index in [2.05, 4.69) is 19.7 Å². The minimum Gasteiger partial charge on any atom is -0.106 e. The van der Waals surface area contributed by atoms with Crippen LogP contribution in [0.25, 0.3) is 0 Å². The van der Waals surface area contributed by atoms with Crippen LogP contribution in [0.15, 0.2) is 25.8 Å². The molecule has 0 N–H and O–H groups in total. The standard InChI is InChI=1S/C3H6.C2H4.Cu/c1-3-2;1-2;/h3H,1H2,2H3;1-2H2;. The van der Waals surface area contributed by atoms with Gasteiger partial charge >= 0.3 is 0 Å². The maximum Gasteiger partial charge on any atom is 0 e. The normalized spacial score (nSPS) is 2.83. The Balaban J connectivity index is -0.0000000275. The number of hydrogen-bond donors (Lipinski definition) is 0. The molecular weight excluding hydrogens is 124 g/mol. The molecule has 0 unspecified atom stereocenters. The third-order valence-electron chi connectivity index (χ3n) is 0. The Labute approximate surface area is 50.4 Å². The van der Waals surface area contributed by atoms with Crippen LogP contribution in [0, 0.1) is 0 Å². The first-order valence-electron chi connectivity index (χ1n) is 1.49. The van der Waals surface area contributed by atoms with E-state index in [-0.39, 0.29) is 17.1 Å². The molecule has 0 aliphatic carbocycles. The third kappa shape index (κ3) is 133000000. The van der Waals surface area contributed by atoms with Crippen LogP contribution in [0.3, 0.4) is 0 Å². The number of allylic oxidation sites excluding steroid dienone is 1. The molecule has 0 heterocycles. The van der Waals surface area contributed by atoms with Crippen LogP contribution in [-0.2, 0) is 17.1 Å². The van der Waals surface area contributed by atoms with Gasteiger partial charge in [-0.15, -0.1) is 19.7 Å². The van der Waals surface area contributed by atoms with Gasteiger partial charge in [-0.3, -0.25) is 0 Å². The molecule has 0 rings (SSSR count). The molecule has 41 valence electrons. The van der Waals surface area contributed by atoms with Crippen LogP contribution in [-0.4, -0.2) is 0 Å². The zero-order chi connectivity index (χ0) is 4.71. The Bertz CT molecular complexity index is 17.9. The van der Waals surface area contributed by atoms with Gasteiger partial charge in [0.1, 0.15) is 0 Å². The van der Waals surface area contributed by atoms with Crippen LogP contribution in [0.5, 0.6) is 0 Å². The van der Waals surface area contributed by atoms with E-state index in [4.69, 9.17) is 0 Å². The van der Waals surface area contributed by atoms with E-state index in [0.717, 1.165) is 0 Å². The topological polar surface area (TPSA) is 0 Å². The Morgan fingerprint density at radius 2 is 1.33 bits per heavy atom. The van der Waals surface area contributed by atoms with Crippen molar-refractivity contribution < 1.29 is 17.1 Å². The summed E-state index contributed by atoms with van der Waals surface area (Å²) in [6, 6.07) is 0. The second-order valence-electron chi connectivity index (χ2n) is 0.408. The Kier molecular flexibility index (Phi) is 222. The van der Waals surface area contributed by atoms with Crippen molar-refractivity contribution in [2.75, 3.05) is 0 Å². The first-order chi connectivity index (χ1) is 2.41. The van der Waals surface area contributed by atoms with Gasteiger partial charge in [0.25, 0.3) is 0 Å². The Hall–Kier alpha value is -0.000519. The molecule has 0 spiro atoms. The molecule has 0 amide bonds. The van der Waals surface area contributed by atoms with Crippen molar-refractivity contribution in [3.63, 3.8) is 0 Å². The molecule has 0 nitrogen and oxygen atoms in total. The van der Waals surface area contributed by atoms with Gasteiger partial charge in [0, 0.05) is 17.1 Å². The van der Waals surface area contributed by atoms with Crippen molar-refractivity contribution in [3.8, 4) is 0 Å². The molecule has 0 aromatic rings. The summed E-state index contributed by atoms with van der Waals surface area (Å²) in [6.45, 7) is 11.2. The average molecular weight is 134 g/mol. The van der Waals surface area contributed by atoms with Gasteiger partial charge in [0.15, 0.2) is 0 Å². The SMILES string of the molecule is C=C.C=CC.[Cu]. The molecule has 0 bridgehead atoms. The molecule has 0 aliphatic rings. The van der Waals surface area contributed by atoms with Gasteiger partial charge < -0.3 is 0 Å². The van der Waals surface area contributed by atoms with E-state index in [1.54, 1.807) is 6.08 Å². The Morgan fingerprint density at radius 1 is 1.33 bits per heavy atom. The summed E-state index contributed by atoms with van der Waals surface area (Å²) in [5.41, 5.74) is 0. The fourth-order valence-electron chi connectivity index (χ4n) is 0. The van der Waals surface area contributed by atoms with Gasteiger partial charge in [-0.1, -0.05) is 6.08 Å². The van der Waals surface area contributed by atoms with Gasteiger partial charge in [-0.2, -0.15) is 0 Å². The summed E-state index contributed by atoms with van der Waals surface area (Å²) >= 11 is 0. The number of rotatable bonds is 0. The molecule has 0 atom stereocenters. The van der Waals surface area contributed by atoms with Gasteiger partial charge in [0.05, 0.1) is 0 Å². The molecule has 0 saturated carbocycles. The summed E-state index contributed by atoms with van der Waals surface area (Å²) in [4.78, 5) is 0. The van der Waals surface area contributed by atoms with Gasteiger partial charge in [0.2, 0.25) is 0 Å². The summed E-state index contributed by atoms with van der Waals surface area (Å²) < 4.78 is 0. The fraction of sp³-hybridized carbons (Fsp3) is 0.200. The predicted octanol–water partition coefficient (Wildman–Crippen LogP) is 1.99. The average Bonchev–Trinajstić information content (AvgIpc) is 1.46. The van der Waals surface area contributed by atoms with Crippen LogP contribution < -0.4 is 0 Å². The minimum absolute atomic E-state index is 0. The monoisotopic (exact) mass is 133 g/mol. The summed E-state index contributed by atoms with van der Waals surface area (Å²) in [7, 11) is 0. The van der Waals surface area contributed by atoms with Crippen LogP contribution in [0.2, 0.25) is 0 Å². The van der Waals surface area contributed by atoms with Crippen molar-refractivity contribution in [2.24, 2.45) is 0 Å². The molecule has 6 heavy (non-hydrogen) atoms. The zero-order valence-electron chi connectivity index (χ0n) is 4.00. The van der Waals surface area contributed by atoms with E-state index in [9.17, 15) is 0 Å². The van der Waals surface area contributed by atoms with Crippen molar-refractivity contribution in [1.82, 2.24) is 0 Å². The summed E-state index contributed by atoms with van der Waals surface area (Å²) in [5, 5.41) is 0. The smallest absolute Gasteiger partial charge is 0 e. The van der Waals surface area contributed by atoms with Crippen molar-refractivity contribution in [2.45, 2.75) is 6.92 Å². The largest absolute Gasteiger partial charge is 0.106 e. The van der Waals surface area contributed by atoms with E-state index in [0.29, 0.717) is 0 Å². The molecule has 0 saturated heterocycles. The van der Waals surface area contributed by atoms with Crippen molar-refractivity contribution in [3.05, 3.63) is 25.8 Å². The molecule has 0 aromatic heterocycles. The first-order valence-corrected chi connectivity index (χ1v) is 1.49. The van der Waals surface area contributed by atoms with Crippen LogP contribution in [0.1, 0.15) is 6.92 Å². The second-order valence-corrected chi connectivity index (χ2v) is 0.408. The quantitative estimate of drug-likeness (QED) is 0.350. The summed E-state index contributed by atoms with van der Waals surface area (Å²) in [6.07, 6.45) is 1.75. The second kappa shape index (κ2) is 80.1. The van der Waals surface area contributed by atoms with Gasteiger partial charge in [-0.05, 0) is 6.92 Å². The van der Waals surface area contributed by atoms with Crippen molar-refractivity contribution >= 4 is 0 Å². The molecule has 1 heteroatoms. The summed E-state index contributed by atoms with van der Waals surface area (Å²) in [5.74, 6) is 0. The maximum atomic E-state index is 3.36. The minimum atomic E-state index is 0. The van der Waals surface area contributed by atoms with Crippen molar-refractivity contribution in [1.29, 1.82) is 0 Å². The van der Waals surface area contributed by atoms with E-state index in [1.807, 2.05) is 6.92 Å². The zero-order valence-corrected chi connectivity index (χ0v) is 4.94. The molecule has 0 fully saturated rings. The van der Waals surface area contributed by atoms with E-state index < -0.39 is 0 Å². The number of hydrogen-bond acceptors (Lipinski definition) is 0. The molecule has 0 aliphatic heterocycles. The molecule has 0 aromatic carbocycles. The maximum absolute atomic E-state index is 3.36. The van der Waals surface area contributed by atoms with Crippen LogP contribution in [0.4, 0.5) is 0 Å². The fourth-order valence-corrected chi connectivity index (χ4v) is 0.